The lowest BCUT2D eigenvalue weighted by atomic mass is 10.0. The van der Waals surface area contributed by atoms with Crippen LogP contribution in [0.15, 0.2) is 30.3 Å². The molecule has 1 saturated heterocycles. The number of carbonyl (C=O) groups is 1. The summed E-state index contributed by atoms with van der Waals surface area (Å²) < 4.78 is 0. The molecule has 4 heteroatoms. The average molecular weight is 304 g/mol. The first-order chi connectivity index (χ1) is 10.4. The van der Waals surface area contributed by atoms with E-state index in [1.807, 2.05) is 39.0 Å². The fraction of sp³-hybridized carbons (Fsp3) is 0.611. The van der Waals surface area contributed by atoms with Crippen LogP contribution < -0.4 is 5.32 Å². The molecule has 22 heavy (non-hydrogen) atoms. The SMILES string of the molecule is CC(C)(C)NC(=O)[C@H]1CCCN1[C@H](CO)Cc1ccccc1. The first-order valence-corrected chi connectivity index (χ1v) is 8.13. The summed E-state index contributed by atoms with van der Waals surface area (Å²) in [6.45, 7) is 6.95. The van der Waals surface area contributed by atoms with E-state index in [0.29, 0.717) is 0 Å². The van der Waals surface area contributed by atoms with Gasteiger partial charge in [-0.05, 0) is 52.1 Å². The zero-order chi connectivity index (χ0) is 16.2. The number of aliphatic hydroxyl groups is 1. The molecule has 1 aliphatic heterocycles. The van der Waals surface area contributed by atoms with Gasteiger partial charge in [0.2, 0.25) is 5.91 Å². The van der Waals surface area contributed by atoms with Crippen molar-refractivity contribution in [3.05, 3.63) is 35.9 Å². The third-order valence-electron chi connectivity index (χ3n) is 4.09. The molecule has 1 amide bonds. The second-order valence-electron chi connectivity index (χ2n) is 7.16. The summed E-state index contributed by atoms with van der Waals surface area (Å²) in [5.41, 5.74) is 0.975. The summed E-state index contributed by atoms with van der Waals surface area (Å²) in [6.07, 6.45) is 2.65. The van der Waals surface area contributed by atoms with Crippen LogP contribution in [0.4, 0.5) is 0 Å². The molecule has 0 bridgehead atoms. The average Bonchev–Trinajstić information content (AvgIpc) is 2.93. The number of rotatable bonds is 5. The van der Waals surface area contributed by atoms with Crippen molar-refractivity contribution < 1.29 is 9.90 Å². The van der Waals surface area contributed by atoms with Gasteiger partial charge in [-0.3, -0.25) is 9.69 Å². The highest BCUT2D eigenvalue weighted by Gasteiger charge is 2.36. The third kappa shape index (κ3) is 4.55. The van der Waals surface area contributed by atoms with Crippen molar-refractivity contribution in [2.75, 3.05) is 13.2 Å². The Labute approximate surface area is 133 Å². The second-order valence-corrected chi connectivity index (χ2v) is 7.16. The molecular formula is C18H28N2O2. The summed E-state index contributed by atoms with van der Waals surface area (Å²) in [6, 6.07) is 10.0. The van der Waals surface area contributed by atoms with Gasteiger partial charge in [0.15, 0.2) is 0 Å². The molecule has 1 aliphatic rings. The van der Waals surface area contributed by atoms with E-state index in [1.54, 1.807) is 0 Å². The van der Waals surface area contributed by atoms with Crippen molar-refractivity contribution >= 4 is 5.91 Å². The molecule has 1 aromatic rings. The molecule has 4 nitrogen and oxygen atoms in total. The van der Waals surface area contributed by atoms with Crippen LogP contribution in [0.5, 0.6) is 0 Å². The predicted octanol–water partition coefficient (Wildman–Crippen LogP) is 1.97. The van der Waals surface area contributed by atoms with Crippen LogP contribution in [0.3, 0.4) is 0 Å². The molecule has 0 unspecified atom stereocenters. The smallest absolute Gasteiger partial charge is 0.237 e. The van der Waals surface area contributed by atoms with Gasteiger partial charge in [0.1, 0.15) is 0 Å². The largest absolute Gasteiger partial charge is 0.395 e. The van der Waals surface area contributed by atoms with E-state index in [9.17, 15) is 9.90 Å². The van der Waals surface area contributed by atoms with Crippen LogP contribution in [0.25, 0.3) is 0 Å². The molecule has 2 N–H and O–H groups in total. The Hall–Kier alpha value is -1.39. The van der Waals surface area contributed by atoms with E-state index < -0.39 is 0 Å². The van der Waals surface area contributed by atoms with E-state index in [4.69, 9.17) is 0 Å². The van der Waals surface area contributed by atoms with Crippen molar-refractivity contribution in [2.24, 2.45) is 0 Å². The summed E-state index contributed by atoms with van der Waals surface area (Å²) in [4.78, 5) is 14.7. The van der Waals surface area contributed by atoms with Crippen LogP contribution in [0.1, 0.15) is 39.2 Å². The topological polar surface area (TPSA) is 52.6 Å². The minimum Gasteiger partial charge on any atom is -0.395 e. The first-order valence-electron chi connectivity index (χ1n) is 8.13. The number of nitrogens with zero attached hydrogens (tertiary/aromatic N) is 1. The van der Waals surface area contributed by atoms with Gasteiger partial charge in [0.05, 0.1) is 12.6 Å². The predicted molar refractivity (Wildman–Crippen MR) is 88.6 cm³/mol. The minimum atomic E-state index is -0.223. The lowest BCUT2D eigenvalue weighted by molar-refractivity contribution is -0.127. The number of likely N-dealkylation sites (tertiary alicyclic amines) is 1. The number of amides is 1. The molecule has 1 heterocycles. The van der Waals surface area contributed by atoms with Gasteiger partial charge in [-0.1, -0.05) is 30.3 Å². The van der Waals surface area contributed by atoms with E-state index in [0.717, 1.165) is 25.8 Å². The maximum absolute atomic E-state index is 12.5. The summed E-state index contributed by atoms with van der Waals surface area (Å²) in [5.74, 6) is 0.0801. The normalized spacial score (nSPS) is 20.8. The van der Waals surface area contributed by atoms with Crippen LogP contribution in [-0.4, -0.2) is 46.7 Å². The monoisotopic (exact) mass is 304 g/mol. The van der Waals surface area contributed by atoms with Crippen molar-refractivity contribution in [1.29, 1.82) is 0 Å². The van der Waals surface area contributed by atoms with Gasteiger partial charge in [-0.2, -0.15) is 0 Å². The Morgan fingerprint density at radius 1 is 1.36 bits per heavy atom. The van der Waals surface area contributed by atoms with Gasteiger partial charge >= 0.3 is 0 Å². The molecule has 0 spiro atoms. The Morgan fingerprint density at radius 2 is 2.05 bits per heavy atom. The highest BCUT2D eigenvalue weighted by molar-refractivity contribution is 5.82. The summed E-state index contributed by atoms with van der Waals surface area (Å²) in [5, 5.41) is 12.9. The summed E-state index contributed by atoms with van der Waals surface area (Å²) >= 11 is 0. The number of hydrogen-bond acceptors (Lipinski definition) is 3. The highest BCUT2D eigenvalue weighted by atomic mass is 16.3. The number of benzene rings is 1. The lowest BCUT2D eigenvalue weighted by Crippen LogP contribution is -2.53. The second kappa shape index (κ2) is 7.25. The van der Waals surface area contributed by atoms with Crippen molar-refractivity contribution in [2.45, 2.75) is 57.7 Å². The Bertz CT molecular complexity index is 482. The zero-order valence-corrected chi connectivity index (χ0v) is 13.9. The van der Waals surface area contributed by atoms with Gasteiger partial charge < -0.3 is 10.4 Å². The maximum Gasteiger partial charge on any atom is 0.237 e. The number of nitrogens with one attached hydrogen (secondary N) is 1. The number of hydrogen-bond donors (Lipinski definition) is 2. The molecule has 0 aliphatic carbocycles. The third-order valence-corrected chi connectivity index (χ3v) is 4.09. The van der Waals surface area contributed by atoms with Gasteiger partial charge in [0, 0.05) is 11.6 Å². The molecule has 2 atom stereocenters. The Kier molecular flexibility index (Phi) is 5.59. The number of aliphatic hydroxyl groups excluding tert-OH is 1. The Balaban J connectivity index is 2.05. The van der Waals surface area contributed by atoms with Gasteiger partial charge in [0.25, 0.3) is 0 Å². The molecule has 2 rings (SSSR count). The highest BCUT2D eigenvalue weighted by Crippen LogP contribution is 2.23. The Morgan fingerprint density at radius 3 is 2.64 bits per heavy atom. The fourth-order valence-electron chi connectivity index (χ4n) is 3.13. The molecule has 1 fully saturated rings. The van der Waals surface area contributed by atoms with Crippen LogP contribution in [0.2, 0.25) is 0 Å². The fourth-order valence-corrected chi connectivity index (χ4v) is 3.13. The van der Waals surface area contributed by atoms with Crippen molar-refractivity contribution in [3.63, 3.8) is 0 Å². The van der Waals surface area contributed by atoms with E-state index in [1.165, 1.54) is 5.56 Å². The summed E-state index contributed by atoms with van der Waals surface area (Å²) in [7, 11) is 0. The molecule has 0 saturated carbocycles. The first kappa shape index (κ1) is 17.0. The van der Waals surface area contributed by atoms with Crippen LogP contribution in [-0.2, 0) is 11.2 Å². The van der Waals surface area contributed by atoms with Gasteiger partial charge in [-0.15, -0.1) is 0 Å². The quantitative estimate of drug-likeness (QED) is 0.874. The van der Waals surface area contributed by atoms with Crippen molar-refractivity contribution in [1.82, 2.24) is 10.2 Å². The zero-order valence-electron chi connectivity index (χ0n) is 13.9. The lowest BCUT2D eigenvalue weighted by Gasteiger charge is -2.33. The van der Waals surface area contributed by atoms with Crippen molar-refractivity contribution in [3.8, 4) is 0 Å². The minimum absolute atomic E-state index is 0.000573. The van der Waals surface area contributed by atoms with Crippen LogP contribution >= 0.6 is 0 Å². The molecule has 122 valence electrons. The standard InChI is InChI=1S/C18H28N2O2/c1-18(2,3)19-17(22)16-10-7-11-20(16)15(13-21)12-14-8-5-4-6-9-14/h4-6,8-9,15-16,21H,7,10-13H2,1-3H3,(H,19,22)/t15-,16+/m0/s1. The van der Waals surface area contributed by atoms with E-state index in [-0.39, 0.29) is 30.1 Å². The van der Waals surface area contributed by atoms with E-state index >= 15 is 0 Å². The number of carbonyl (C=O) groups excluding carboxylic acids is 1. The van der Waals surface area contributed by atoms with E-state index in [2.05, 4.69) is 22.3 Å². The molecule has 0 radical (unpaired) electrons. The van der Waals surface area contributed by atoms with Crippen LogP contribution in [0, 0.1) is 0 Å². The molecular weight excluding hydrogens is 276 g/mol. The van der Waals surface area contributed by atoms with Gasteiger partial charge in [-0.25, -0.2) is 0 Å². The molecule has 0 aromatic heterocycles. The molecule has 1 aromatic carbocycles. The maximum atomic E-state index is 12.5.